The predicted octanol–water partition coefficient (Wildman–Crippen LogP) is 1.03. The summed E-state index contributed by atoms with van der Waals surface area (Å²) in [6.45, 7) is 4.26. The highest BCUT2D eigenvalue weighted by Gasteiger charge is 2.10. The van der Waals surface area contributed by atoms with E-state index >= 15 is 0 Å². The van der Waals surface area contributed by atoms with Crippen LogP contribution in [0.3, 0.4) is 0 Å². The molecule has 0 aromatic rings. The number of hydrogen-bond acceptors (Lipinski definition) is 4. The number of hydroxylamine groups is 2. The molecule has 0 aliphatic carbocycles. The SMILES string of the molecule is CCON1CCC=C(/C=N/O)C1. The highest BCUT2D eigenvalue weighted by Crippen LogP contribution is 2.07. The topological polar surface area (TPSA) is 45.1 Å². The van der Waals surface area contributed by atoms with E-state index in [-0.39, 0.29) is 0 Å². The lowest BCUT2D eigenvalue weighted by Crippen LogP contribution is -2.30. The first-order valence-corrected chi connectivity index (χ1v) is 4.11. The number of hydrogen-bond donors (Lipinski definition) is 1. The van der Waals surface area contributed by atoms with Crippen molar-refractivity contribution in [1.29, 1.82) is 0 Å². The zero-order valence-corrected chi connectivity index (χ0v) is 7.23. The minimum atomic E-state index is 0.684. The van der Waals surface area contributed by atoms with E-state index in [0.29, 0.717) is 13.2 Å². The average molecular weight is 170 g/mol. The van der Waals surface area contributed by atoms with Crippen molar-refractivity contribution in [1.82, 2.24) is 5.06 Å². The summed E-state index contributed by atoms with van der Waals surface area (Å²) in [7, 11) is 0. The molecule has 0 amide bonds. The Morgan fingerprint density at radius 2 is 2.67 bits per heavy atom. The third-order valence-electron chi connectivity index (χ3n) is 1.68. The lowest BCUT2D eigenvalue weighted by molar-refractivity contribution is -0.148. The van der Waals surface area contributed by atoms with Crippen LogP contribution in [-0.4, -0.2) is 36.2 Å². The summed E-state index contributed by atoms with van der Waals surface area (Å²) >= 11 is 0. The van der Waals surface area contributed by atoms with Crippen molar-refractivity contribution in [2.75, 3.05) is 19.7 Å². The quantitative estimate of drug-likeness (QED) is 0.391. The second-order valence-electron chi connectivity index (χ2n) is 2.59. The van der Waals surface area contributed by atoms with Crippen molar-refractivity contribution in [3.63, 3.8) is 0 Å². The average Bonchev–Trinajstić information content (AvgIpc) is 2.06. The van der Waals surface area contributed by atoms with Gasteiger partial charge >= 0.3 is 0 Å². The van der Waals surface area contributed by atoms with Crippen molar-refractivity contribution in [3.05, 3.63) is 11.6 Å². The molecule has 0 saturated carbocycles. The van der Waals surface area contributed by atoms with Gasteiger partial charge in [-0.05, 0) is 18.9 Å². The highest BCUT2D eigenvalue weighted by molar-refractivity contribution is 5.78. The fraction of sp³-hybridized carbons (Fsp3) is 0.625. The van der Waals surface area contributed by atoms with E-state index in [9.17, 15) is 0 Å². The first kappa shape index (κ1) is 9.22. The van der Waals surface area contributed by atoms with Crippen LogP contribution in [0.25, 0.3) is 0 Å². The van der Waals surface area contributed by atoms with Crippen molar-refractivity contribution >= 4 is 6.21 Å². The molecule has 0 spiro atoms. The molecule has 0 radical (unpaired) electrons. The van der Waals surface area contributed by atoms with Crippen LogP contribution in [0, 0.1) is 0 Å². The molecular weight excluding hydrogens is 156 g/mol. The van der Waals surface area contributed by atoms with E-state index < -0.39 is 0 Å². The molecule has 0 aromatic heterocycles. The van der Waals surface area contributed by atoms with E-state index in [2.05, 4.69) is 11.2 Å². The molecule has 12 heavy (non-hydrogen) atoms. The Bertz CT molecular complexity index is 189. The van der Waals surface area contributed by atoms with Crippen LogP contribution in [0.4, 0.5) is 0 Å². The van der Waals surface area contributed by atoms with Crippen molar-refractivity contribution in [3.8, 4) is 0 Å². The second kappa shape index (κ2) is 4.90. The molecule has 1 rings (SSSR count). The molecule has 0 aromatic carbocycles. The molecule has 1 N–H and O–H groups in total. The van der Waals surface area contributed by atoms with E-state index in [4.69, 9.17) is 10.0 Å². The molecule has 68 valence electrons. The molecular formula is C8H14N2O2. The Labute approximate surface area is 72.1 Å². The van der Waals surface area contributed by atoms with Gasteiger partial charge in [-0.2, -0.15) is 5.06 Å². The van der Waals surface area contributed by atoms with Gasteiger partial charge in [-0.1, -0.05) is 11.2 Å². The van der Waals surface area contributed by atoms with Crippen LogP contribution < -0.4 is 0 Å². The minimum Gasteiger partial charge on any atom is -0.411 e. The van der Waals surface area contributed by atoms with E-state index in [1.807, 2.05) is 12.0 Å². The highest BCUT2D eigenvalue weighted by atomic mass is 16.7. The molecule has 0 bridgehead atoms. The molecule has 0 fully saturated rings. The Kier molecular flexibility index (Phi) is 3.76. The van der Waals surface area contributed by atoms with Crippen LogP contribution in [0.1, 0.15) is 13.3 Å². The van der Waals surface area contributed by atoms with Gasteiger partial charge < -0.3 is 5.21 Å². The van der Waals surface area contributed by atoms with Gasteiger partial charge in [0.1, 0.15) is 0 Å². The Hall–Kier alpha value is -0.870. The van der Waals surface area contributed by atoms with E-state index in [1.54, 1.807) is 0 Å². The predicted molar refractivity (Wildman–Crippen MR) is 46.2 cm³/mol. The normalized spacial score (nSPS) is 19.9. The number of oxime groups is 1. The summed E-state index contributed by atoms with van der Waals surface area (Å²) in [6, 6.07) is 0. The van der Waals surface area contributed by atoms with Gasteiger partial charge in [0.2, 0.25) is 0 Å². The van der Waals surface area contributed by atoms with Crippen LogP contribution in [0.5, 0.6) is 0 Å². The standard InChI is InChI=1S/C8H14N2O2/c1-2-12-10-5-3-4-8(7-10)6-9-11/h4,6,11H,2-3,5,7H2,1H3/b9-6+. The lowest BCUT2D eigenvalue weighted by atomic mass is 10.2. The van der Waals surface area contributed by atoms with Gasteiger partial charge in [0, 0.05) is 6.54 Å². The van der Waals surface area contributed by atoms with Gasteiger partial charge in [-0.25, -0.2) is 0 Å². The molecule has 0 unspecified atom stereocenters. The first-order valence-electron chi connectivity index (χ1n) is 4.11. The summed E-state index contributed by atoms with van der Waals surface area (Å²) in [5, 5.41) is 13.2. The largest absolute Gasteiger partial charge is 0.411 e. The maximum atomic E-state index is 8.30. The van der Waals surface area contributed by atoms with Crippen LogP contribution >= 0.6 is 0 Å². The van der Waals surface area contributed by atoms with Gasteiger partial charge in [0.25, 0.3) is 0 Å². The number of nitrogens with zero attached hydrogens (tertiary/aromatic N) is 2. The van der Waals surface area contributed by atoms with Crippen molar-refractivity contribution in [2.24, 2.45) is 5.16 Å². The molecule has 1 heterocycles. The lowest BCUT2D eigenvalue weighted by Gasteiger charge is -2.24. The fourth-order valence-electron chi connectivity index (χ4n) is 1.20. The Morgan fingerprint density at radius 3 is 3.33 bits per heavy atom. The molecule has 0 atom stereocenters. The summed E-state index contributed by atoms with van der Waals surface area (Å²) in [5.41, 5.74) is 0.997. The molecule has 4 heteroatoms. The zero-order valence-electron chi connectivity index (χ0n) is 7.23. The molecule has 1 aliphatic rings. The van der Waals surface area contributed by atoms with Crippen LogP contribution in [-0.2, 0) is 4.84 Å². The first-order chi connectivity index (χ1) is 5.86. The second-order valence-corrected chi connectivity index (χ2v) is 2.59. The smallest absolute Gasteiger partial charge is 0.0704 e. The van der Waals surface area contributed by atoms with Gasteiger partial charge in [0.15, 0.2) is 0 Å². The monoisotopic (exact) mass is 170 g/mol. The van der Waals surface area contributed by atoms with Gasteiger partial charge in [-0.15, -0.1) is 0 Å². The minimum absolute atomic E-state index is 0.684. The summed E-state index contributed by atoms with van der Waals surface area (Å²) in [4.78, 5) is 5.31. The number of rotatable bonds is 3. The van der Waals surface area contributed by atoms with Crippen LogP contribution in [0.2, 0.25) is 0 Å². The zero-order chi connectivity index (χ0) is 8.81. The third-order valence-corrected chi connectivity index (χ3v) is 1.68. The molecule has 1 aliphatic heterocycles. The van der Waals surface area contributed by atoms with E-state index in [0.717, 1.165) is 18.5 Å². The molecule has 0 saturated heterocycles. The Morgan fingerprint density at radius 1 is 1.83 bits per heavy atom. The summed E-state index contributed by atoms with van der Waals surface area (Å²) < 4.78 is 0. The summed E-state index contributed by atoms with van der Waals surface area (Å²) in [5.74, 6) is 0. The summed E-state index contributed by atoms with van der Waals surface area (Å²) in [6.07, 6.45) is 4.45. The van der Waals surface area contributed by atoms with Crippen molar-refractivity contribution in [2.45, 2.75) is 13.3 Å². The Balaban J connectivity index is 2.42. The van der Waals surface area contributed by atoms with Crippen LogP contribution in [0.15, 0.2) is 16.8 Å². The third kappa shape index (κ3) is 2.64. The maximum absolute atomic E-state index is 8.30. The van der Waals surface area contributed by atoms with E-state index in [1.165, 1.54) is 6.21 Å². The van der Waals surface area contributed by atoms with Gasteiger partial charge in [0.05, 0.1) is 19.4 Å². The van der Waals surface area contributed by atoms with Crippen molar-refractivity contribution < 1.29 is 10.0 Å². The maximum Gasteiger partial charge on any atom is 0.0704 e. The molecule has 4 nitrogen and oxygen atoms in total. The van der Waals surface area contributed by atoms with Gasteiger partial charge in [-0.3, -0.25) is 4.84 Å². The fourth-order valence-corrected chi connectivity index (χ4v) is 1.20.